The summed E-state index contributed by atoms with van der Waals surface area (Å²) in [6.45, 7) is 4.43. The Morgan fingerprint density at radius 2 is 0.927 bits per heavy atom. The first-order valence-electron chi connectivity index (χ1n) is 22.9. The molecule has 0 aliphatic carbocycles. The highest BCUT2D eigenvalue weighted by molar-refractivity contribution is 7.47. The molecule has 0 spiro atoms. The van der Waals surface area contributed by atoms with Crippen LogP contribution in [0.5, 0.6) is 0 Å². The van der Waals surface area contributed by atoms with Crippen LogP contribution in [-0.4, -0.2) is 74.9 Å². The Hall–Kier alpha value is -1.25. The zero-order valence-corrected chi connectivity index (χ0v) is 37.6. The van der Waals surface area contributed by atoms with Gasteiger partial charge in [-0.2, -0.15) is 0 Å². The van der Waals surface area contributed by atoms with Gasteiger partial charge in [-0.1, -0.05) is 174 Å². The first-order valence-corrected chi connectivity index (χ1v) is 24.4. The lowest BCUT2D eigenvalue weighted by molar-refractivity contribution is -0.870. The summed E-state index contributed by atoms with van der Waals surface area (Å²) in [7, 11) is 1.48. The number of phosphoric ester groups is 1. The van der Waals surface area contributed by atoms with E-state index in [2.05, 4.69) is 26.0 Å². The van der Waals surface area contributed by atoms with Gasteiger partial charge in [-0.05, 0) is 38.5 Å². The van der Waals surface area contributed by atoms with E-state index in [-0.39, 0.29) is 32.0 Å². The summed E-state index contributed by atoms with van der Waals surface area (Å²) in [4.78, 5) is 35.4. The van der Waals surface area contributed by atoms with Gasteiger partial charge in [0.25, 0.3) is 0 Å². The third-order valence-electron chi connectivity index (χ3n) is 10.0. The van der Waals surface area contributed by atoms with E-state index < -0.39 is 26.5 Å². The van der Waals surface area contributed by atoms with Gasteiger partial charge in [0.1, 0.15) is 19.8 Å². The molecule has 0 fully saturated rings. The molecule has 0 aromatic heterocycles. The molecule has 0 saturated heterocycles. The maximum absolute atomic E-state index is 12.7. The molecule has 9 nitrogen and oxygen atoms in total. The van der Waals surface area contributed by atoms with Crippen LogP contribution in [0.1, 0.15) is 213 Å². The SMILES string of the molecule is CCCCCCC/C=C/CCCCCCCC(=O)OC[C@H](COP(=O)(O)OCC[N+](C)(C)C)OC(=O)CCCCCCCCCCCCCCCCCCC. The molecule has 1 unspecified atom stereocenters. The highest BCUT2D eigenvalue weighted by Crippen LogP contribution is 2.43. The number of quaternary nitrogens is 1. The smallest absolute Gasteiger partial charge is 0.462 e. The lowest BCUT2D eigenvalue weighted by atomic mass is 10.0. The molecule has 0 aromatic rings. The molecule has 10 heteroatoms. The lowest BCUT2D eigenvalue weighted by Crippen LogP contribution is -2.37. The number of ether oxygens (including phenoxy) is 2. The van der Waals surface area contributed by atoms with E-state index in [0.717, 1.165) is 51.4 Å². The number of carbonyl (C=O) groups is 2. The number of phosphoric acid groups is 1. The van der Waals surface area contributed by atoms with Gasteiger partial charge in [-0.3, -0.25) is 18.6 Å². The van der Waals surface area contributed by atoms with Crippen molar-refractivity contribution < 1.29 is 42.1 Å². The molecular formula is C45H89NO8P+. The number of hydrogen-bond acceptors (Lipinski definition) is 7. The van der Waals surface area contributed by atoms with E-state index in [4.69, 9.17) is 18.5 Å². The van der Waals surface area contributed by atoms with E-state index in [9.17, 15) is 19.0 Å². The summed E-state index contributed by atoms with van der Waals surface area (Å²) in [5.41, 5.74) is 0. The van der Waals surface area contributed by atoms with Crippen molar-refractivity contribution in [2.24, 2.45) is 0 Å². The standard InChI is InChI=1S/C45H88NO8P/c1-6-8-10-12-14-16-18-20-22-23-24-26-28-30-32-34-36-38-45(48)54-43(42-53-55(49,50)52-40-39-46(3,4)5)41-51-44(47)37-35-33-31-29-27-25-21-19-17-15-13-11-9-7-2/h19,21,43H,6-18,20,22-42H2,1-5H3/p+1/b21-19+/t43-/m1/s1. The molecular weight excluding hydrogens is 713 g/mol. The van der Waals surface area contributed by atoms with Crippen LogP contribution in [0, 0.1) is 0 Å². The Labute approximate surface area is 339 Å². The minimum absolute atomic E-state index is 0.0337. The van der Waals surface area contributed by atoms with Crippen LogP contribution in [0.2, 0.25) is 0 Å². The van der Waals surface area contributed by atoms with E-state index >= 15 is 0 Å². The normalized spacial score (nSPS) is 13.6. The third-order valence-corrected chi connectivity index (χ3v) is 11.0. The highest BCUT2D eigenvalue weighted by atomic mass is 31.2. The number of nitrogens with zero attached hydrogens (tertiary/aromatic N) is 1. The first kappa shape index (κ1) is 53.8. The average molecular weight is 803 g/mol. The molecule has 0 rings (SSSR count). The fourth-order valence-corrected chi connectivity index (χ4v) is 7.16. The van der Waals surface area contributed by atoms with Gasteiger partial charge >= 0.3 is 19.8 Å². The quantitative estimate of drug-likeness (QED) is 0.0214. The topological polar surface area (TPSA) is 108 Å². The molecule has 0 radical (unpaired) electrons. The second-order valence-electron chi connectivity index (χ2n) is 16.8. The van der Waals surface area contributed by atoms with Gasteiger partial charge in [0.05, 0.1) is 27.7 Å². The average Bonchev–Trinajstić information content (AvgIpc) is 3.13. The number of allylic oxidation sites excluding steroid dienone is 2. The molecule has 0 aliphatic heterocycles. The van der Waals surface area contributed by atoms with Crippen LogP contribution in [0.15, 0.2) is 12.2 Å². The molecule has 2 atom stereocenters. The Balaban J connectivity index is 4.31. The predicted molar refractivity (Wildman–Crippen MR) is 229 cm³/mol. The lowest BCUT2D eigenvalue weighted by Gasteiger charge is -2.24. The molecule has 55 heavy (non-hydrogen) atoms. The predicted octanol–water partition coefficient (Wildman–Crippen LogP) is 13.0. The monoisotopic (exact) mass is 803 g/mol. The second-order valence-corrected chi connectivity index (χ2v) is 18.2. The van der Waals surface area contributed by atoms with Crippen molar-refractivity contribution in [1.82, 2.24) is 0 Å². The van der Waals surface area contributed by atoms with Gasteiger partial charge < -0.3 is 18.9 Å². The highest BCUT2D eigenvalue weighted by Gasteiger charge is 2.27. The zero-order valence-electron chi connectivity index (χ0n) is 36.7. The van der Waals surface area contributed by atoms with Gasteiger partial charge in [-0.15, -0.1) is 0 Å². The van der Waals surface area contributed by atoms with Crippen molar-refractivity contribution in [1.29, 1.82) is 0 Å². The van der Waals surface area contributed by atoms with Crippen molar-refractivity contribution in [3.8, 4) is 0 Å². The van der Waals surface area contributed by atoms with Crippen LogP contribution < -0.4 is 0 Å². The van der Waals surface area contributed by atoms with Crippen molar-refractivity contribution in [2.75, 3.05) is 47.5 Å². The fraction of sp³-hybridized carbons (Fsp3) is 0.911. The summed E-state index contributed by atoms with van der Waals surface area (Å²) in [6.07, 6.45) is 39.7. The number of carbonyl (C=O) groups excluding carboxylic acids is 2. The molecule has 0 aliphatic rings. The summed E-state index contributed by atoms with van der Waals surface area (Å²) in [5.74, 6) is -0.798. The van der Waals surface area contributed by atoms with Crippen molar-refractivity contribution in [2.45, 2.75) is 219 Å². The van der Waals surface area contributed by atoms with Crippen LogP contribution in [0.25, 0.3) is 0 Å². The molecule has 0 bridgehead atoms. The summed E-state index contributed by atoms with van der Waals surface area (Å²) in [5, 5.41) is 0. The Morgan fingerprint density at radius 1 is 0.545 bits per heavy atom. The van der Waals surface area contributed by atoms with E-state index in [1.165, 1.54) is 128 Å². The van der Waals surface area contributed by atoms with Gasteiger partial charge in [0.15, 0.2) is 6.10 Å². The van der Waals surface area contributed by atoms with Gasteiger partial charge in [-0.25, -0.2) is 4.57 Å². The first-order chi connectivity index (χ1) is 26.5. The van der Waals surface area contributed by atoms with Crippen LogP contribution in [0.3, 0.4) is 0 Å². The molecule has 0 amide bonds. The van der Waals surface area contributed by atoms with Crippen molar-refractivity contribution in [3.63, 3.8) is 0 Å². The molecule has 1 N–H and O–H groups in total. The van der Waals surface area contributed by atoms with Crippen LogP contribution in [-0.2, 0) is 32.7 Å². The molecule has 0 heterocycles. The van der Waals surface area contributed by atoms with E-state index in [1.54, 1.807) is 0 Å². The van der Waals surface area contributed by atoms with Gasteiger partial charge in [0.2, 0.25) is 0 Å². The minimum Gasteiger partial charge on any atom is -0.462 e. The fourth-order valence-electron chi connectivity index (χ4n) is 6.42. The number of esters is 2. The van der Waals surface area contributed by atoms with Crippen LogP contribution in [0.4, 0.5) is 0 Å². The van der Waals surface area contributed by atoms with Crippen LogP contribution >= 0.6 is 7.82 Å². The molecule has 0 saturated carbocycles. The Bertz CT molecular complexity index is 954. The van der Waals surface area contributed by atoms with Gasteiger partial charge in [0, 0.05) is 12.8 Å². The Kier molecular flexibility index (Phi) is 37.4. The maximum Gasteiger partial charge on any atom is 0.472 e. The summed E-state index contributed by atoms with van der Waals surface area (Å²) in [6, 6.07) is 0. The number of unbranched alkanes of at least 4 members (excludes halogenated alkanes) is 26. The summed E-state index contributed by atoms with van der Waals surface area (Å²) >= 11 is 0. The summed E-state index contributed by atoms with van der Waals surface area (Å²) < 4.78 is 34.3. The number of hydrogen-bond donors (Lipinski definition) is 1. The number of rotatable bonds is 42. The second kappa shape index (κ2) is 38.3. The van der Waals surface area contributed by atoms with Crippen molar-refractivity contribution in [3.05, 3.63) is 12.2 Å². The third kappa shape index (κ3) is 42.2. The zero-order chi connectivity index (χ0) is 40.7. The molecule has 0 aromatic carbocycles. The largest absolute Gasteiger partial charge is 0.472 e. The maximum atomic E-state index is 12.7. The Morgan fingerprint density at radius 3 is 1.35 bits per heavy atom. The van der Waals surface area contributed by atoms with E-state index in [0.29, 0.717) is 17.4 Å². The van der Waals surface area contributed by atoms with Crippen molar-refractivity contribution >= 4 is 19.8 Å². The van der Waals surface area contributed by atoms with E-state index in [1.807, 2.05) is 21.1 Å². The number of likely N-dealkylation sites (N-methyl/N-ethyl adjacent to an activating group) is 1. The minimum atomic E-state index is -4.37. The molecule has 326 valence electrons.